The van der Waals surface area contributed by atoms with Crippen LogP contribution in [0.3, 0.4) is 0 Å². The van der Waals surface area contributed by atoms with E-state index in [9.17, 15) is 9.18 Å². The van der Waals surface area contributed by atoms with Crippen LogP contribution in [0.1, 0.15) is 37.3 Å². The molecule has 2 heterocycles. The maximum absolute atomic E-state index is 13.4. The Labute approximate surface area is 174 Å². The summed E-state index contributed by atoms with van der Waals surface area (Å²) in [6.07, 6.45) is 3.55. The van der Waals surface area contributed by atoms with Crippen molar-refractivity contribution in [1.29, 1.82) is 0 Å². The van der Waals surface area contributed by atoms with Gasteiger partial charge in [-0.1, -0.05) is 30.8 Å². The Balaban J connectivity index is 1.44. The van der Waals surface area contributed by atoms with Gasteiger partial charge in [0.1, 0.15) is 10.8 Å². The van der Waals surface area contributed by atoms with E-state index in [0.717, 1.165) is 35.2 Å². The van der Waals surface area contributed by atoms with Gasteiger partial charge in [-0.2, -0.15) is 0 Å². The van der Waals surface area contributed by atoms with Crippen LogP contribution in [-0.2, 0) is 16.6 Å². The SMILES string of the molecule is CN1C(=O)CC[C@]2(C)c3ccc(Sc4ccc5cc(F)ccc5n4)cc3CCC12. The van der Waals surface area contributed by atoms with Crippen LogP contribution >= 0.6 is 11.8 Å². The normalized spacial score (nSPS) is 23.8. The molecule has 3 nitrogen and oxygen atoms in total. The number of halogens is 1. The fourth-order valence-electron chi connectivity index (χ4n) is 5.08. The van der Waals surface area contributed by atoms with Gasteiger partial charge in [-0.25, -0.2) is 9.37 Å². The molecule has 29 heavy (non-hydrogen) atoms. The Bertz CT molecular complexity index is 1130. The average Bonchev–Trinajstić information content (AvgIpc) is 2.71. The summed E-state index contributed by atoms with van der Waals surface area (Å²) in [6.45, 7) is 2.31. The van der Waals surface area contributed by atoms with Crippen LogP contribution in [-0.4, -0.2) is 28.9 Å². The number of carbonyl (C=O) groups excluding carboxylic acids is 1. The van der Waals surface area contributed by atoms with Gasteiger partial charge in [0.2, 0.25) is 5.91 Å². The van der Waals surface area contributed by atoms with Crippen molar-refractivity contribution in [2.24, 2.45) is 0 Å². The number of nitrogens with zero attached hydrogens (tertiary/aromatic N) is 2. The smallest absolute Gasteiger partial charge is 0.222 e. The predicted octanol–water partition coefficient (Wildman–Crippen LogP) is 5.35. The largest absolute Gasteiger partial charge is 0.342 e. The number of likely N-dealkylation sites (N-methyl/N-ethyl adjacent to an activating group) is 1. The van der Waals surface area contributed by atoms with Crippen LogP contribution in [0.25, 0.3) is 10.9 Å². The lowest BCUT2D eigenvalue weighted by Crippen LogP contribution is -2.56. The van der Waals surface area contributed by atoms with Crippen LogP contribution in [0.15, 0.2) is 58.5 Å². The topological polar surface area (TPSA) is 33.2 Å². The Morgan fingerprint density at radius 1 is 1.14 bits per heavy atom. The Kier molecular flexibility index (Phi) is 4.39. The van der Waals surface area contributed by atoms with Crippen molar-refractivity contribution < 1.29 is 9.18 Å². The quantitative estimate of drug-likeness (QED) is 0.575. The molecule has 5 rings (SSSR count). The summed E-state index contributed by atoms with van der Waals surface area (Å²) >= 11 is 1.64. The number of likely N-dealkylation sites (tertiary alicyclic amines) is 1. The molecule has 1 amide bonds. The molecule has 2 aliphatic rings. The molecule has 0 N–H and O–H groups in total. The second-order valence-electron chi connectivity index (χ2n) is 8.38. The molecule has 148 valence electrons. The number of hydrogen-bond donors (Lipinski definition) is 0. The number of aromatic nitrogens is 1. The summed E-state index contributed by atoms with van der Waals surface area (Å²) in [7, 11) is 1.96. The zero-order valence-corrected chi connectivity index (χ0v) is 17.4. The van der Waals surface area contributed by atoms with Crippen molar-refractivity contribution in [3.63, 3.8) is 0 Å². The van der Waals surface area contributed by atoms with Gasteiger partial charge in [0.25, 0.3) is 0 Å². The van der Waals surface area contributed by atoms with E-state index in [1.54, 1.807) is 17.8 Å². The van der Waals surface area contributed by atoms with Crippen LogP contribution < -0.4 is 0 Å². The number of piperidine rings is 1. The first kappa shape index (κ1) is 18.6. The van der Waals surface area contributed by atoms with E-state index in [-0.39, 0.29) is 23.2 Å². The zero-order chi connectivity index (χ0) is 20.2. The molecule has 0 radical (unpaired) electrons. The Hall–Kier alpha value is -2.40. The van der Waals surface area contributed by atoms with Crippen molar-refractivity contribution in [3.05, 3.63) is 65.5 Å². The predicted molar refractivity (Wildman–Crippen MR) is 114 cm³/mol. The minimum absolute atomic E-state index is 0.0325. The summed E-state index contributed by atoms with van der Waals surface area (Å²) < 4.78 is 13.4. The average molecular weight is 407 g/mol. The first-order valence-electron chi connectivity index (χ1n) is 10.1. The fraction of sp³-hybridized carbons (Fsp3) is 0.333. The molecule has 1 fully saturated rings. The molecule has 0 bridgehead atoms. The van der Waals surface area contributed by atoms with Crippen LogP contribution in [0, 0.1) is 5.82 Å². The van der Waals surface area contributed by atoms with Crippen LogP contribution in [0.5, 0.6) is 0 Å². The fourth-order valence-corrected chi connectivity index (χ4v) is 5.94. The summed E-state index contributed by atoms with van der Waals surface area (Å²) in [6, 6.07) is 15.6. The van der Waals surface area contributed by atoms with E-state index in [4.69, 9.17) is 0 Å². The maximum atomic E-state index is 13.4. The third-order valence-electron chi connectivity index (χ3n) is 6.68. The highest BCUT2D eigenvalue weighted by Gasteiger charge is 2.46. The molecule has 1 saturated heterocycles. The number of aryl methyl sites for hydroxylation is 1. The van der Waals surface area contributed by atoms with Crippen LogP contribution in [0.4, 0.5) is 4.39 Å². The van der Waals surface area contributed by atoms with E-state index in [1.807, 2.05) is 24.1 Å². The van der Waals surface area contributed by atoms with Crippen molar-refractivity contribution in [3.8, 4) is 0 Å². The first-order chi connectivity index (χ1) is 13.9. The molecule has 1 aliphatic carbocycles. The summed E-state index contributed by atoms with van der Waals surface area (Å²) in [4.78, 5) is 20.0. The number of hydrogen-bond acceptors (Lipinski definition) is 3. The zero-order valence-electron chi connectivity index (χ0n) is 16.6. The molecule has 0 saturated carbocycles. The van der Waals surface area contributed by atoms with E-state index < -0.39 is 0 Å². The highest BCUT2D eigenvalue weighted by Crippen LogP contribution is 2.46. The number of benzene rings is 2. The molecule has 2 atom stereocenters. The first-order valence-corrected chi connectivity index (χ1v) is 10.9. The van der Waals surface area contributed by atoms with Gasteiger partial charge in [0, 0.05) is 35.2 Å². The molecule has 1 unspecified atom stereocenters. The summed E-state index contributed by atoms with van der Waals surface area (Å²) in [5.41, 5.74) is 3.61. The molecular formula is C24H23FN2OS. The molecule has 2 aromatic carbocycles. The molecule has 1 aliphatic heterocycles. The van der Waals surface area contributed by atoms with Gasteiger partial charge in [-0.05, 0) is 66.8 Å². The number of carbonyl (C=O) groups is 1. The Morgan fingerprint density at radius 3 is 2.86 bits per heavy atom. The highest BCUT2D eigenvalue weighted by atomic mass is 32.2. The van der Waals surface area contributed by atoms with E-state index in [2.05, 4.69) is 30.1 Å². The molecule has 0 spiro atoms. The number of fused-ring (bicyclic) bond motifs is 4. The number of amides is 1. The minimum atomic E-state index is -0.240. The van der Waals surface area contributed by atoms with E-state index in [1.165, 1.54) is 28.2 Å². The van der Waals surface area contributed by atoms with Crippen molar-refractivity contribution in [2.75, 3.05) is 7.05 Å². The van der Waals surface area contributed by atoms with Gasteiger partial charge in [-0.3, -0.25) is 4.79 Å². The number of pyridine rings is 1. The summed E-state index contributed by atoms with van der Waals surface area (Å²) in [5.74, 6) is 0.0293. The number of rotatable bonds is 2. The standard InChI is InChI=1S/C24H23FN2OS/c1-24-12-11-23(28)27(2)21(24)9-3-15-14-18(6-7-19(15)24)29-22-10-4-16-13-17(25)5-8-20(16)26-22/h4-8,10,13-14,21H,3,9,11-12H2,1-2H3/t21?,24-/m1/s1. The van der Waals surface area contributed by atoms with Crippen molar-refractivity contribution in [2.45, 2.75) is 54.0 Å². The third kappa shape index (κ3) is 3.12. The second-order valence-corrected chi connectivity index (χ2v) is 9.48. The Morgan fingerprint density at radius 2 is 2.00 bits per heavy atom. The van der Waals surface area contributed by atoms with Gasteiger partial charge in [0.15, 0.2) is 0 Å². The second kappa shape index (κ2) is 6.84. The van der Waals surface area contributed by atoms with Crippen molar-refractivity contribution in [1.82, 2.24) is 9.88 Å². The minimum Gasteiger partial charge on any atom is -0.342 e. The maximum Gasteiger partial charge on any atom is 0.222 e. The van der Waals surface area contributed by atoms with Gasteiger partial charge < -0.3 is 4.90 Å². The lowest BCUT2D eigenvalue weighted by atomic mass is 9.63. The monoisotopic (exact) mass is 406 g/mol. The molecule has 1 aromatic heterocycles. The van der Waals surface area contributed by atoms with Crippen LogP contribution in [0.2, 0.25) is 0 Å². The third-order valence-corrected chi connectivity index (χ3v) is 7.61. The van der Waals surface area contributed by atoms with Gasteiger partial charge >= 0.3 is 0 Å². The lowest BCUT2D eigenvalue weighted by molar-refractivity contribution is -0.138. The molecule has 5 heteroatoms. The summed E-state index contributed by atoms with van der Waals surface area (Å²) in [5, 5.41) is 1.72. The highest BCUT2D eigenvalue weighted by molar-refractivity contribution is 7.99. The van der Waals surface area contributed by atoms with Gasteiger partial charge in [0.05, 0.1) is 5.52 Å². The molecule has 3 aromatic rings. The van der Waals surface area contributed by atoms with Crippen molar-refractivity contribution >= 4 is 28.6 Å². The molecular weight excluding hydrogens is 383 g/mol. The van der Waals surface area contributed by atoms with E-state index >= 15 is 0 Å². The lowest BCUT2D eigenvalue weighted by Gasteiger charge is -2.50. The van der Waals surface area contributed by atoms with E-state index in [0.29, 0.717) is 6.42 Å². The van der Waals surface area contributed by atoms with Gasteiger partial charge in [-0.15, -0.1) is 0 Å².